The molecule has 0 atom stereocenters. The number of carbonyl (C=O) groups is 1. The maximum Gasteiger partial charge on any atom is 0.352 e. The van der Waals surface area contributed by atoms with Crippen LogP contribution in [0, 0.1) is 20.8 Å². The largest absolute Gasteiger partial charge is 0.494 e. The van der Waals surface area contributed by atoms with Crippen LogP contribution in [0.3, 0.4) is 0 Å². The Kier molecular flexibility index (Phi) is 5.23. The predicted molar refractivity (Wildman–Crippen MR) is 105 cm³/mol. The van der Waals surface area contributed by atoms with Gasteiger partial charge in [-0.2, -0.15) is 0 Å². The summed E-state index contributed by atoms with van der Waals surface area (Å²) in [5, 5.41) is 11.3. The van der Waals surface area contributed by atoms with Gasteiger partial charge in [0, 0.05) is 15.9 Å². The first kappa shape index (κ1) is 18.3. The summed E-state index contributed by atoms with van der Waals surface area (Å²) in [6.45, 7) is 6.42. The van der Waals surface area contributed by atoms with E-state index >= 15 is 0 Å². The molecule has 3 aromatic rings. The van der Waals surface area contributed by atoms with Crippen LogP contribution >= 0.6 is 11.6 Å². The summed E-state index contributed by atoms with van der Waals surface area (Å²) in [6.07, 6.45) is 1.36. The molecule has 0 aliphatic heterocycles. The Hall–Kier alpha value is -2.46. The third-order valence-electron chi connectivity index (χ3n) is 4.60. The molecule has 0 bridgehead atoms. The van der Waals surface area contributed by atoms with Gasteiger partial charge in [-0.1, -0.05) is 23.7 Å². The number of carboxylic acids is 1. The lowest BCUT2D eigenvalue weighted by Gasteiger charge is -2.10. The van der Waals surface area contributed by atoms with E-state index in [2.05, 4.69) is 4.98 Å². The molecule has 1 heterocycles. The SMILES string of the molecule is Cc1cc(OCCCc2c(C(=O)O)[nH]c3cccc(C)c23)cc(C)c1Cl. The number of aromatic nitrogens is 1. The number of aryl methyl sites for hydroxylation is 4. The average Bonchev–Trinajstić information content (AvgIpc) is 2.97. The minimum atomic E-state index is -0.930. The first-order chi connectivity index (χ1) is 12.4. The van der Waals surface area contributed by atoms with Gasteiger partial charge in [0.2, 0.25) is 0 Å². The molecule has 2 aromatic carbocycles. The van der Waals surface area contributed by atoms with E-state index in [1.54, 1.807) is 0 Å². The monoisotopic (exact) mass is 371 g/mol. The fourth-order valence-corrected chi connectivity index (χ4v) is 3.48. The van der Waals surface area contributed by atoms with Gasteiger partial charge in [-0.15, -0.1) is 0 Å². The molecule has 5 heteroatoms. The topological polar surface area (TPSA) is 62.3 Å². The second kappa shape index (κ2) is 7.42. The van der Waals surface area contributed by atoms with Crippen LogP contribution in [-0.2, 0) is 6.42 Å². The number of H-pyrrole nitrogens is 1. The number of hydrogen-bond acceptors (Lipinski definition) is 2. The highest BCUT2D eigenvalue weighted by atomic mass is 35.5. The van der Waals surface area contributed by atoms with Gasteiger partial charge in [-0.3, -0.25) is 0 Å². The Labute approximate surface area is 157 Å². The molecule has 3 rings (SSSR count). The lowest BCUT2D eigenvalue weighted by atomic mass is 10.0. The van der Waals surface area contributed by atoms with E-state index in [4.69, 9.17) is 16.3 Å². The van der Waals surface area contributed by atoms with Crippen LogP contribution in [0.4, 0.5) is 0 Å². The Morgan fingerprint density at radius 1 is 1.15 bits per heavy atom. The minimum Gasteiger partial charge on any atom is -0.494 e. The Morgan fingerprint density at radius 3 is 2.50 bits per heavy atom. The molecular weight excluding hydrogens is 350 g/mol. The van der Waals surface area contributed by atoms with Gasteiger partial charge >= 0.3 is 5.97 Å². The van der Waals surface area contributed by atoms with Crippen molar-refractivity contribution < 1.29 is 14.6 Å². The average molecular weight is 372 g/mol. The molecule has 1 aromatic heterocycles. The molecule has 0 amide bonds. The summed E-state index contributed by atoms with van der Waals surface area (Å²) in [6, 6.07) is 9.69. The number of ether oxygens (including phenoxy) is 1. The third-order valence-corrected chi connectivity index (χ3v) is 5.20. The highest BCUT2D eigenvalue weighted by molar-refractivity contribution is 6.32. The molecule has 0 spiro atoms. The molecule has 0 radical (unpaired) electrons. The number of carboxylic acid groups (broad SMARTS) is 1. The molecule has 0 aliphatic carbocycles. The molecule has 26 heavy (non-hydrogen) atoms. The molecule has 0 aliphatic rings. The van der Waals surface area contributed by atoms with Crippen molar-refractivity contribution in [3.05, 3.63) is 63.3 Å². The normalized spacial score (nSPS) is 11.1. The van der Waals surface area contributed by atoms with Crippen LogP contribution in [0.2, 0.25) is 5.02 Å². The van der Waals surface area contributed by atoms with Crippen molar-refractivity contribution in [1.82, 2.24) is 4.98 Å². The minimum absolute atomic E-state index is 0.271. The summed E-state index contributed by atoms with van der Waals surface area (Å²) in [4.78, 5) is 14.6. The standard InChI is InChI=1S/C21H22ClNO3/c1-12-6-4-8-17-18(12)16(20(23-17)21(24)25)7-5-9-26-15-10-13(2)19(22)14(3)11-15/h4,6,8,10-11,23H,5,7,9H2,1-3H3,(H,24,25). The van der Waals surface area contributed by atoms with Gasteiger partial charge in [-0.25, -0.2) is 4.79 Å². The summed E-state index contributed by atoms with van der Waals surface area (Å²) in [7, 11) is 0. The Morgan fingerprint density at radius 2 is 1.85 bits per heavy atom. The molecule has 0 unspecified atom stereocenters. The van der Waals surface area contributed by atoms with E-state index in [1.807, 2.05) is 51.1 Å². The van der Waals surface area contributed by atoms with Gasteiger partial charge in [0.25, 0.3) is 0 Å². The number of aromatic amines is 1. The van der Waals surface area contributed by atoms with Crippen LogP contribution in [-0.4, -0.2) is 22.7 Å². The lowest BCUT2D eigenvalue weighted by molar-refractivity contribution is 0.0690. The number of fused-ring (bicyclic) bond motifs is 1. The van der Waals surface area contributed by atoms with E-state index < -0.39 is 5.97 Å². The van der Waals surface area contributed by atoms with Crippen molar-refractivity contribution >= 4 is 28.5 Å². The smallest absolute Gasteiger partial charge is 0.352 e. The zero-order chi connectivity index (χ0) is 18.8. The second-order valence-corrected chi connectivity index (χ2v) is 6.98. The van der Waals surface area contributed by atoms with E-state index in [1.165, 1.54) is 0 Å². The number of nitrogens with one attached hydrogen (secondary N) is 1. The van der Waals surface area contributed by atoms with Crippen molar-refractivity contribution in [3.63, 3.8) is 0 Å². The van der Waals surface area contributed by atoms with Crippen molar-refractivity contribution in [3.8, 4) is 5.75 Å². The summed E-state index contributed by atoms with van der Waals surface area (Å²) >= 11 is 6.18. The Balaban J connectivity index is 1.74. The van der Waals surface area contributed by atoms with Gasteiger partial charge in [0.05, 0.1) is 6.61 Å². The number of benzene rings is 2. The van der Waals surface area contributed by atoms with Crippen LogP contribution in [0.15, 0.2) is 30.3 Å². The summed E-state index contributed by atoms with van der Waals surface area (Å²) < 4.78 is 5.85. The predicted octanol–water partition coefficient (Wildman–Crippen LogP) is 5.46. The fraction of sp³-hybridized carbons (Fsp3) is 0.286. The van der Waals surface area contributed by atoms with E-state index in [0.717, 1.165) is 50.3 Å². The molecule has 0 saturated carbocycles. The van der Waals surface area contributed by atoms with Crippen molar-refractivity contribution in [2.75, 3.05) is 6.61 Å². The molecule has 0 fully saturated rings. The van der Waals surface area contributed by atoms with E-state index in [9.17, 15) is 9.90 Å². The highest BCUT2D eigenvalue weighted by Crippen LogP contribution is 2.28. The zero-order valence-electron chi connectivity index (χ0n) is 15.1. The van der Waals surface area contributed by atoms with Crippen LogP contribution in [0.1, 0.15) is 39.2 Å². The summed E-state index contributed by atoms with van der Waals surface area (Å²) in [5.41, 5.74) is 5.03. The van der Waals surface area contributed by atoms with Gasteiger partial charge < -0.3 is 14.8 Å². The molecule has 4 nitrogen and oxygen atoms in total. The molecule has 2 N–H and O–H groups in total. The fourth-order valence-electron chi connectivity index (χ4n) is 3.37. The highest BCUT2D eigenvalue weighted by Gasteiger charge is 2.17. The zero-order valence-corrected chi connectivity index (χ0v) is 15.9. The molecule has 0 saturated heterocycles. The van der Waals surface area contributed by atoms with E-state index in [0.29, 0.717) is 13.0 Å². The number of halogens is 1. The number of hydrogen-bond donors (Lipinski definition) is 2. The lowest BCUT2D eigenvalue weighted by Crippen LogP contribution is -2.05. The maximum absolute atomic E-state index is 11.6. The van der Waals surface area contributed by atoms with Gasteiger partial charge in [0.15, 0.2) is 0 Å². The number of rotatable bonds is 6. The van der Waals surface area contributed by atoms with Gasteiger partial charge in [-0.05, 0) is 74.1 Å². The number of aromatic carboxylic acids is 1. The van der Waals surface area contributed by atoms with Crippen molar-refractivity contribution in [2.45, 2.75) is 33.6 Å². The van der Waals surface area contributed by atoms with Crippen LogP contribution in [0.25, 0.3) is 10.9 Å². The van der Waals surface area contributed by atoms with Gasteiger partial charge in [0.1, 0.15) is 11.4 Å². The van der Waals surface area contributed by atoms with Crippen LogP contribution in [0.5, 0.6) is 5.75 Å². The first-order valence-electron chi connectivity index (χ1n) is 8.61. The molecule has 136 valence electrons. The molecular formula is C21H22ClNO3. The van der Waals surface area contributed by atoms with E-state index in [-0.39, 0.29) is 5.69 Å². The third kappa shape index (κ3) is 3.56. The quantitative estimate of drug-likeness (QED) is 0.566. The van der Waals surface area contributed by atoms with Crippen molar-refractivity contribution in [1.29, 1.82) is 0 Å². The Bertz CT molecular complexity index is 952. The first-order valence-corrected chi connectivity index (χ1v) is 8.99. The summed E-state index contributed by atoms with van der Waals surface area (Å²) in [5.74, 6) is -0.140. The van der Waals surface area contributed by atoms with Crippen LogP contribution < -0.4 is 4.74 Å². The maximum atomic E-state index is 11.6. The van der Waals surface area contributed by atoms with Crippen molar-refractivity contribution in [2.24, 2.45) is 0 Å². The second-order valence-electron chi connectivity index (χ2n) is 6.60.